The number of amides is 3. The third-order valence-corrected chi connectivity index (χ3v) is 10.3. The number of aliphatic hydroxyl groups excluding tert-OH is 2. The predicted molar refractivity (Wildman–Crippen MR) is 160 cm³/mol. The summed E-state index contributed by atoms with van der Waals surface area (Å²) in [6.45, 7) is 12.4. The second kappa shape index (κ2) is 11.8. The van der Waals surface area contributed by atoms with E-state index >= 15 is 0 Å². The molecule has 4 rings (SSSR count). The molecule has 10 heteroatoms. The van der Waals surface area contributed by atoms with E-state index in [1.165, 1.54) is 18.3 Å². The first-order valence-corrected chi connectivity index (χ1v) is 15.2. The van der Waals surface area contributed by atoms with Crippen LogP contribution in [0, 0.1) is 16.7 Å². The molecule has 1 aromatic heterocycles. The van der Waals surface area contributed by atoms with Crippen LogP contribution in [0.15, 0.2) is 24.3 Å². The molecule has 2 aliphatic carbocycles. The van der Waals surface area contributed by atoms with E-state index in [1.54, 1.807) is 0 Å². The number of rotatable bonds is 8. The van der Waals surface area contributed by atoms with Gasteiger partial charge in [0.25, 0.3) is 5.91 Å². The molecule has 0 bridgehead atoms. The maximum atomic E-state index is 13.1. The molecule has 3 amide bonds. The van der Waals surface area contributed by atoms with E-state index in [2.05, 4.69) is 43.6 Å². The smallest absolute Gasteiger partial charge is 0.257 e. The molecule has 2 aromatic rings. The van der Waals surface area contributed by atoms with Crippen LogP contribution >= 0.6 is 11.3 Å². The van der Waals surface area contributed by atoms with E-state index in [0.29, 0.717) is 43.0 Å². The van der Waals surface area contributed by atoms with E-state index in [9.17, 15) is 24.6 Å². The second-order valence-electron chi connectivity index (χ2n) is 13.2. The Morgan fingerprint density at radius 2 is 1.76 bits per heavy atom. The predicted octanol–water partition coefficient (Wildman–Crippen LogP) is 3.75. The van der Waals surface area contributed by atoms with Crippen LogP contribution in [-0.2, 0) is 21.4 Å². The molecule has 1 fully saturated rings. The Kier molecular flexibility index (Phi) is 8.97. The Hall–Kier alpha value is -2.82. The summed E-state index contributed by atoms with van der Waals surface area (Å²) < 4.78 is 0. The van der Waals surface area contributed by atoms with Gasteiger partial charge in [0, 0.05) is 48.2 Å². The van der Waals surface area contributed by atoms with Crippen LogP contribution in [0.25, 0.3) is 0 Å². The Bertz CT molecular complexity index is 1290. The SMILES string of the molecule is CC(=O)NCCNC(=O)CC1c2nc(NC(=O)c3ccc(C(C)(C)C)cc3)sc2CC2C(C)(CO)C(O)CCC12C. The Morgan fingerprint density at radius 3 is 2.37 bits per heavy atom. The number of hydrogen-bond acceptors (Lipinski definition) is 7. The number of nitrogens with one attached hydrogen (secondary N) is 3. The maximum absolute atomic E-state index is 13.1. The summed E-state index contributed by atoms with van der Waals surface area (Å²) >= 11 is 1.40. The molecule has 0 saturated heterocycles. The van der Waals surface area contributed by atoms with Crippen molar-refractivity contribution in [2.45, 2.75) is 84.7 Å². The molecule has 0 spiro atoms. The largest absolute Gasteiger partial charge is 0.396 e. The average Bonchev–Trinajstić information content (AvgIpc) is 3.31. The standard InChI is InChI=1S/C31H44N4O5S/c1-18(37)32-13-14-33-25(39)15-21-26-22(16-23-30(21,5)12-11-24(38)31(23,6)17-36)41-28(34-26)35-27(40)19-7-9-20(10-8-19)29(2,3)4/h7-10,21,23-24,36,38H,11-17H2,1-6H3,(H,32,37)(H,33,39)(H,34,35,40). The molecule has 0 aliphatic heterocycles. The number of carbonyl (C=O) groups is 3. The zero-order valence-corrected chi connectivity index (χ0v) is 25.8. The number of hydrogen-bond donors (Lipinski definition) is 5. The summed E-state index contributed by atoms with van der Waals surface area (Å²) in [4.78, 5) is 43.3. The van der Waals surface area contributed by atoms with E-state index < -0.39 is 16.9 Å². The van der Waals surface area contributed by atoms with Gasteiger partial charge in [0.2, 0.25) is 11.8 Å². The highest BCUT2D eigenvalue weighted by atomic mass is 32.1. The lowest BCUT2D eigenvalue weighted by Gasteiger charge is -2.58. The number of benzene rings is 1. The van der Waals surface area contributed by atoms with Gasteiger partial charge in [-0.2, -0.15) is 0 Å². The zero-order valence-electron chi connectivity index (χ0n) is 25.0. The summed E-state index contributed by atoms with van der Waals surface area (Å²) in [6, 6.07) is 7.58. The first-order chi connectivity index (χ1) is 19.2. The highest BCUT2D eigenvalue weighted by molar-refractivity contribution is 7.15. The number of aromatic nitrogens is 1. The Labute approximate surface area is 246 Å². The van der Waals surface area contributed by atoms with E-state index in [-0.39, 0.29) is 48.0 Å². The van der Waals surface area contributed by atoms with Crippen molar-refractivity contribution in [1.82, 2.24) is 15.6 Å². The van der Waals surface area contributed by atoms with Crippen LogP contribution in [0.3, 0.4) is 0 Å². The normalized spacial score (nSPS) is 27.4. The lowest BCUT2D eigenvalue weighted by atomic mass is 9.47. The summed E-state index contributed by atoms with van der Waals surface area (Å²) in [5, 5.41) is 30.4. The van der Waals surface area contributed by atoms with Crippen molar-refractivity contribution in [2.24, 2.45) is 16.7 Å². The summed E-state index contributed by atoms with van der Waals surface area (Å²) in [5.41, 5.74) is 1.35. The molecule has 1 heterocycles. The summed E-state index contributed by atoms with van der Waals surface area (Å²) in [7, 11) is 0. The van der Waals surface area contributed by atoms with E-state index in [4.69, 9.17) is 4.98 Å². The van der Waals surface area contributed by atoms with Gasteiger partial charge in [-0.05, 0) is 53.7 Å². The van der Waals surface area contributed by atoms with Crippen molar-refractivity contribution < 1.29 is 24.6 Å². The number of carbonyl (C=O) groups excluding carboxylic acids is 3. The average molecular weight is 585 g/mol. The Balaban J connectivity index is 1.61. The van der Waals surface area contributed by atoms with Gasteiger partial charge >= 0.3 is 0 Å². The van der Waals surface area contributed by atoms with Crippen LogP contribution in [0.5, 0.6) is 0 Å². The molecule has 2 aliphatic rings. The third kappa shape index (κ3) is 6.34. The fourth-order valence-corrected chi connectivity index (χ4v) is 7.75. The molecular formula is C31H44N4O5S. The lowest BCUT2D eigenvalue weighted by molar-refractivity contribution is -0.144. The van der Waals surface area contributed by atoms with Crippen molar-refractivity contribution >= 4 is 34.2 Å². The molecule has 1 saturated carbocycles. The van der Waals surface area contributed by atoms with E-state index in [0.717, 1.165) is 16.1 Å². The molecule has 1 aromatic carbocycles. The van der Waals surface area contributed by atoms with Crippen LogP contribution in [0.2, 0.25) is 0 Å². The van der Waals surface area contributed by atoms with Crippen molar-refractivity contribution in [1.29, 1.82) is 0 Å². The number of nitrogens with zero attached hydrogens (tertiary/aromatic N) is 1. The van der Waals surface area contributed by atoms with Crippen LogP contribution in [-0.4, -0.2) is 58.7 Å². The van der Waals surface area contributed by atoms with Gasteiger partial charge in [-0.15, -0.1) is 11.3 Å². The van der Waals surface area contributed by atoms with Crippen molar-refractivity contribution in [2.75, 3.05) is 25.0 Å². The van der Waals surface area contributed by atoms with Gasteiger partial charge in [-0.1, -0.05) is 46.8 Å². The highest BCUT2D eigenvalue weighted by Gasteiger charge is 2.59. The van der Waals surface area contributed by atoms with Gasteiger partial charge < -0.3 is 20.8 Å². The van der Waals surface area contributed by atoms with Gasteiger partial charge in [-0.3, -0.25) is 19.7 Å². The summed E-state index contributed by atoms with van der Waals surface area (Å²) in [6.07, 6.45) is 1.36. The monoisotopic (exact) mass is 584 g/mol. The van der Waals surface area contributed by atoms with Gasteiger partial charge in [0.1, 0.15) is 0 Å². The van der Waals surface area contributed by atoms with E-state index in [1.807, 2.05) is 31.2 Å². The molecule has 0 radical (unpaired) electrons. The molecule has 5 atom stereocenters. The molecule has 5 N–H and O–H groups in total. The number of aliphatic hydroxyl groups is 2. The second-order valence-corrected chi connectivity index (χ2v) is 14.3. The first-order valence-electron chi connectivity index (χ1n) is 14.4. The third-order valence-electron chi connectivity index (χ3n) is 9.34. The fraction of sp³-hybridized carbons (Fsp3) is 0.613. The maximum Gasteiger partial charge on any atom is 0.257 e. The zero-order chi connectivity index (χ0) is 30.2. The lowest BCUT2D eigenvalue weighted by Crippen LogP contribution is -2.57. The van der Waals surface area contributed by atoms with Crippen LogP contribution < -0.4 is 16.0 Å². The van der Waals surface area contributed by atoms with Gasteiger partial charge in [-0.25, -0.2) is 4.98 Å². The first kappa shape index (κ1) is 31.1. The van der Waals surface area contributed by atoms with Gasteiger partial charge in [0.15, 0.2) is 5.13 Å². The molecule has 224 valence electrons. The van der Waals surface area contributed by atoms with Gasteiger partial charge in [0.05, 0.1) is 18.4 Å². The minimum absolute atomic E-state index is 0.0157. The van der Waals surface area contributed by atoms with Crippen LogP contribution in [0.1, 0.15) is 93.2 Å². The quantitative estimate of drug-likeness (QED) is 0.300. The molecular weight excluding hydrogens is 540 g/mol. The number of fused-ring (bicyclic) bond motifs is 2. The fourth-order valence-electron chi connectivity index (χ4n) is 6.69. The molecule has 41 heavy (non-hydrogen) atoms. The molecule has 9 nitrogen and oxygen atoms in total. The molecule has 5 unspecified atom stereocenters. The van der Waals surface area contributed by atoms with Crippen LogP contribution in [0.4, 0.5) is 5.13 Å². The highest BCUT2D eigenvalue weighted by Crippen LogP contribution is 2.62. The summed E-state index contributed by atoms with van der Waals surface area (Å²) in [5.74, 6) is -0.894. The van der Waals surface area contributed by atoms with Crippen molar-refractivity contribution in [3.05, 3.63) is 46.0 Å². The number of anilines is 1. The Morgan fingerprint density at radius 1 is 1.10 bits per heavy atom. The minimum Gasteiger partial charge on any atom is -0.396 e. The van der Waals surface area contributed by atoms with Crippen molar-refractivity contribution in [3.63, 3.8) is 0 Å². The minimum atomic E-state index is -0.729. The number of thiazole rings is 1. The van der Waals surface area contributed by atoms with Crippen molar-refractivity contribution in [3.8, 4) is 0 Å². The topological polar surface area (TPSA) is 141 Å².